The van der Waals surface area contributed by atoms with Crippen LogP contribution in [-0.2, 0) is 0 Å². The average molecular weight is 192 g/mol. The minimum Gasteiger partial charge on any atom is -0.476 e. The molecule has 0 saturated heterocycles. The molecule has 1 aliphatic carbocycles. The van der Waals surface area contributed by atoms with Gasteiger partial charge in [0, 0.05) is 6.20 Å². The zero-order valence-electron chi connectivity index (χ0n) is 7.73. The van der Waals surface area contributed by atoms with Crippen molar-refractivity contribution in [2.24, 2.45) is 0 Å². The molecule has 0 bridgehead atoms. The van der Waals surface area contributed by atoms with Gasteiger partial charge in [0.2, 0.25) is 0 Å². The second-order valence-electron chi connectivity index (χ2n) is 3.64. The summed E-state index contributed by atoms with van der Waals surface area (Å²) in [6.45, 7) is 0. The van der Waals surface area contributed by atoms with Crippen LogP contribution in [0.3, 0.4) is 0 Å². The Morgan fingerprint density at radius 3 is 2.71 bits per heavy atom. The number of carboxylic acid groups (broad SMARTS) is 1. The van der Waals surface area contributed by atoms with Crippen molar-refractivity contribution in [3.8, 4) is 0 Å². The van der Waals surface area contributed by atoms with Crippen LogP contribution in [0.2, 0.25) is 0 Å². The van der Waals surface area contributed by atoms with E-state index in [4.69, 9.17) is 10.8 Å². The van der Waals surface area contributed by atoms with E-state index >= 15 is 0 Å². The molecule has 0 unspecified atom stereocenters. The van der Waals surface area contributed by atoms with Gasteiger partial charge in [-0.15, -0.1) is 0 Å². The van der Waals surface area contributed by atoms with Gasteiger partial charge in [0.15, 0.2) is 5.69 Å². The van der Waals surface area contributed by atoms with Crippen molar-refractivity contribution in [2.75, 3.05) is 5.73 Å². The van der Waals surface area contributed by atoms with Crippen molar-refractivity contribution < 1.29 is 9.90 Å². The van der Waals surface area contributed by atoms with Crippen LogP contribution < -0.4 is 5.73 Å². The summed E-state index contributed by atoms with van der Waals surface area (Å²) in [5.41, 5.74) is 6.88. The fraction of sp³-hybridized carbons (Fsp3) is 0.400. The van der Waals surface area contributed by atoms with Gasteiger partial charge in [-0.2, -0.15) is 0 Å². The van der Waals surface area contributed by atoms with Crippen LogP contribution in [0.5, 0.6) is 0 Å². The smallest absolute Gasteiger partial charge is 0.356 e. The third-order valence-corrected chi connectivity index (χ3v) is 2.72. The van der Waals surface area contributed by atoms with Crippen LogP contribution in [0.25, 0.3) is 0 Å². The quantitative estimate of drug-likeness (QED) is 0.746. The number of nitrogen functional groups attached to an aromatic ring is 1. The molecule has 1 aromatic heterocycles. The normalized spacial score (nSPS) is 16.3. The summed E-state index contributed by atoms with van der Waals surface area (Å²) < 4.78 is 0. The van der Waals surface area contributed by atoms with E-state index in [-0.39, 0.29) is 11.4 Å². The highest BCUT2D eigenvalue weighted by Crippen LogP contribution is 2.36. The molecule has 2 rings (SSSR count). The number of anilines is 1. The Morgan fingerprint density at radius 2 is 2.29 bits per heavy atom. The van der Waals surface area contributed by atoms with Crippen LogP contribution in [0.4, 0.5) is 5.69 Å². The van der Waals surface area contributed by atoms with E-state index in [1.54, 1.807) is 12.3 Å². The van der Waals surface area contributed by atoms with E-state index in [1.165, 1.54) is 6.42 Å². The summed E-state index contributed by atoms with van der Waals surface area (Å²) in [5, 5.41) is 8.72. The number of hydrogen-bond acceptors (Lipinski definition) is 3. The number of carbonyl (C=O) groups is 1. The monoisotopic (exact) mass is 192 g/mol. The maximum absolute atomic E-state index is 10.6. The lowest BCUT2D eigenvalue weighted by Crippen LogP contribution is -2.12. The number of carboxylic acids is 1. The molecule has 1 saturated carbocycles. The molecule has 0 aromatic carbocycles. The van der Waals surface area contributed by atoms with Crippen LogP contribution in [0.1, 0.15) is 41.2 Å². The molecular formula is C10H12N2O2. The SMILES string of the molecule is Nc1cc(C2CCC2)cnc1C(=O)O. The van der Waals surface area contributed by atoms with Gasteiger partial charge in [0.05, 0.1) is 5.69 Å². The lowest BCUT2D eigenvalue weighted by Gasteiger charge is -2.25. The second kappa shape index (κ2) is 3.29. The Kier molecular flexibility index (Phi) is 2.11. The second-order valence-corrected chi connectivity index (χ2v) is 3.64. The molecule has 4 heteroatoms. The van der Waals surface area contributed by atoms with Crippen molar-refractivity contribution in [3.05, 3.63) is 23.5 Å². The van der Waals surface area contributed by atoms with Crippen molar-refractivity contribution in [3.63, 3.8) is 0 Å². The molecule has 1 aliphatic rings. The van der Waals surface area contributed by atoms with Crippen LogP contribution in [0.15, 0.2) is 12.3 Å². The van der Waals surface area contributed by atoms with Crippen LogP contribution in [0, 0.1) is 0 Å². The van der Waals surface area contributed by atoms with E-state index in [1.807, 2.05) is 0 Å². The molecule has 1 aromatic rings. The third kappa shape index (κ3) is 1.43. The molecule has 0 spiro atoms. The predicted molar refractivity (Wildman–Crippen MR) is 52.2 cm³/mol. The molecule has 4 nitrogen and oxygen atoms in total. The van der Waals surface area contributed by atoms with Gasteiger partial charge in [-0.05, 0) is 30.4 Å². The highest BCUT2D eigenvalue weighted by Gasteiger charge is 2.21. The van der Waals surface area contributed by atoms with Gasteiger partial charge in [0.1, 0.15) is 0 Å². The Hall–Kier alpha value is -1.58. The van der Waals surface area contributed by atoms with Gasteiger partial charge in [-0.25, -0.2) is 9.78 Å². The summed E-state index contributed by atoms with van der Waals surface area (Å²) in [4.78, 5) is 14.5. The molecular weight excluding hydrogens is 180 g/mol. The fourth-order valence-corrected chi connectivity index (χ4v) is 1.64. The van der Waals surface area contributed by atoms with Crippen LogP contribution >= 0.6 is 0 Å². The van der Waals surface area contributed by atoms with Gasteiger partial charge in [0.25, 0.3) is 0 Å². The largest absolute Gasteiger partial charge is 0.476 e. The molecule has 1 fully saturated rings. The van der Waals surface area contributed by atoms with E-state index in [9.17, 15) is 4.79 Å². The minimum absolute atomic E-state index is 0.0481. The molecule has 0 amide bonds. The molecule has 0 radical (unpaired) electrons. The number of nitrogens with zero attached hydrogens (tertiary/aromatic N) is 1. The highest BCUT2D eigenvalue weighted by atomic mass is 16.4. The minimum atomic E-state index is -1.07. The highest BCUT2D eigenvalue weighted by molar-refractivity contribution is 5.91. The first kappa shape index (κ1) is 8.99. The fourth-order valence-electron chi connectivity index (χ4n) is 1.64. The number of nitrogens with two attached hydrogens (primary N) is 1. The summed E-state index contributed by atoms with van der Waals surface area (Å²) in [7, 11) is 0. The summed E-state index contributed by atoms with van der Waals surface area (Å²) in [6, 6.07) is 1.74. The Balaban J connectivity index is 2.30. The van der Waals surface area contributed by atoms with Gasteiger partial charge >= 0.3 is 5.97 Å². The van der Waals surface area contributed by atoms with Crippen molar-refractivity contribution in [2.45, 2.75) is 25.2 Å². The number of pyridine rings is 1. The van der Waals surface area contributed by atoms with Gasteiger partial charge < -0.3 is 10.8 Å². The number of rotatable bonds is 2. The molecule has 0 aliphatic heterocycles. The van der Waals surface area contributed by atoms with E-state index in [0.717, 1.165) is 18.4 Å². The predicted octanol–water partition coefficient (Wildman–Crippen LogP) is 1.63. The molecule has 74 valence electrons. The summed E-state index contributed by atoms with van der Waals surface area (Å²) >= 11 is 0. The first-order valence-corrected chi connectivity index (χ1v) is 4.67. The summed E-state index contributed by atoms with van der Waals surface area (Å²) in [6.07, 6.45) is 5.19. The topological polar surface area (TPSA) is 76.2 Å². The first-order chi connectivity index (χ1) is 6.68. The van der Waals surface area contributed by atoms with Gasteiger partial charge in [-0.1, -0.05) is 6.42 Å². The standard InChI is InChI=1S/C10H12N2O2/c11-8-4-7(6-2-1-3-6)5-12-9(8)10(13)14/h4-6H,1-3,11H2,(H,13,14). The van der Waals surface area contributed by atoms with Crippen molar-refractivity contribution >= 4 is 11.7 Å². The molecule has 0 atom stereocenters. The molecule has 14 heavy (non-hydrogen) atoms. The maximum atomic E-state index is 10.6. The maximum Gasteiger partial charge on any atom is 0.356 e. The lowest BCUT2D eigenvalue weighted by atomic mass is 9.80. The molecule has 1 heterocycles. The Labute approximate surface area is 81.8 Å². The van der Waals surface area contributed by atoms with Crippen molar-refractivity contribution in [1.29, 1.82) is 0 Å². The van der Waals surface area contributed by atoms with Gasteiger partial charge in [-0.3, -0.25) is 0 Å². The number of aromatic carboxylic acids is 1. The lowest BCUT2D eigenvalue weighted by molar-refractivity contribution is 0.0691. The Morgan fingerprint density at radius 1 is 1.57 bits per heavy atom. The first-order valence-electron chi connectivity index (χ1n) is 4.67. The van der Waals surface area contributed by atoms with Crippen molar-refractivity contribution in [1.82, 2.24) is 4.98 Å². The third-order valence-electron chi connectivity index (χ3n) is 2.72. The summed E-state index contributed by atoms with van der Waals surface area (Å²) in [5.74, 6) is -0.532. The Bertz CT molecular complexity index is 372. The zero-order chi connectivity index (χ0) is 10.1. The number of aromatic nitrogens is 1. The molecule has 3 N–H and O–H groups in total. The van der Waals surface area contributed by atoms with E-state index in [0.29, 0.717) is 5.92 Å². The average Bonchev–Trinajstić information content (AvgIpc) is 2.00. The zero-order valence-corrected chi connectivity index (χ0v) is 7.73. The van der Waals surface area contributed by atoms with E-state index < -0.39 is 5.97 Å². The van der Waals surface area contributed by atoms with E-state index in [2.05, 4.69) is 4.98 Å². The number of hydrogen-bond donors (Lipinski definition) is 2. The van der Waals surface area contributed by atoms with Crippen LogP contribution in [-0.4, -0.2) is 16.1 Å².